The van der Waals surface area contributed by atoms with Gasteiger partial charge in [0.05, 0.1) is 21.8 Å². The van der Waals surface area contributed by atoms with Crippen LogP contribution in [0.2, 0.25) is 10.3 Å². The highest BCUT2D eigenvalue weighted by Gasteiger charge is 2.27. The molecule has 0 bridgehead atoms. The molecule has 0 atom stereocenters. The van der Waals surface area contributed by atoms with Crippen molar-refractivity contribution in [1.82, 2.24) is 14.9 Å². The molecule has 13 heteroatoms. The van der Waals surface area contributed by atoms with Crippen molar-refractivity contribution >= 4 is 46.8 Å². The number of amides is 2. The van der Waals surface area contributed by atoms with Gasteiger partial charge in [0.25, 0.3) is 5.69 Å². The molecule has 0 spiro atoms. The normalized spacial score (nSPS) is 11.6. The summed E-state index contributed by atoms with van der Waals surface area (Å²) in [5.74, 6) is 0. The van der Waals surface area contributed by atoms with E-state index < -0.39 is 28.3 Å². The van der Waals surface area contributed by atoms with Crippen LogP contribution in [0.25, 0.3) is 11.3 Å². The van der Waals surface area contributed by atoms with Gasteiger partial charge in [0.15, 0.2) is 0 Å². The average molecular weight is 647 g/mol. The maximum Gasteiger partial charge on any atom is 0.414 e. The Labute approximate surface area is 267 Å². The van der Waals surface area contributed by atoms with Gasteiger partial charge in [0, 0.05) is 43.0 Å². The zero-order valence-electron chi connectivity index (χ0n) is 25.9. The zero-order valence-corrected chi connectivity index (χ0v) is 27.4. The molecule has 0 saturated heterocycles. The molecular formula is C31H37Cl2N5O6. The van der Waals surface area contributed by atoms with Gasteiger partial charge < -0.3 is 14.4 Å². The second-order valence-corrected chi connectivity index (χ2v) is 12.9. The quantitative estimate of drug-likeness (QED) is 0.129. The first kappa shape index (κ1) is 34.5. The summed E-state index contributed by atoms with van der Waals surface area (Å²) < 4.78 is 11.3. The number of nitrogens with zero attached hydrogens (tertiary/aromatic N) is 5. The molecule has 0 aliphatic carbocycles. The monoisotopic (exact) mass is 645 g/mol. The number of benzene rings is 2. The molecule has 3 aromatic rings. The topological polar surface area (TPSA) is 128 Å². The van der Waals surface area contributed by atoms with E-state index in [0.29, 0.717) is 34.0 Å². The number of hydrogen-bond donors (Lipinski definition) is 0. The summed E-state index contributed by atoms with van der Waals surface area (Å²) in [7, 11) is 0. The summed E-state index contributed by atoms with van der Waals surface area (Å²) in [6, 6.07) is 11.5. The fourth-order valence-electron chi connectivity index (χ4n) is 4.18. The Balaban J connectivity index is 1.92. The minimum atomic E-state index is -0.767. The van der Waals surface area contributed by atoms with Crippen molar-refractivity contribution in [3.8, 4) is 11.3 Å². The number of hydrogen-bond acceptors (Lipinski definition) is 8. The number of non-ortho nitro benzene ring substituents is 1. The molecule has 1 aromatic heterocycles. The van der Waals surface area contributed by atoms with Crippen LogP contribution in [-0.2, 0) is 16.0 Å². The van der Waals surface area contributed by atoms with Crippen molar-refractivity contribution in [2.75, 3.05) is 18.0 Å². The molecule has 0 fully saturated rings. The summed E-state index contributed by atoms with van der Waals surface area (Å²) in [5.41, 5.74) is 1.41. The third-order valence-electron chi connectivity index (χ3n) is 6.07. The predicted molar refractivity (Wildman–Crippen MR) is 170 cm³/mol. The molecule has 0 N–H and O–H groups in total. The molecule has 0 unspecified atom stereocenters. The Morgan fingerprint density at radius 2 is 1.61 bits per heavy atom. The fourth-order valence-corrected chi connectivity index (χ4v) is 4.51. The number of aromatic nitrogens is 2. The van der Waals surface area contributed by atoms with Crippen LogP contribution in [0.1, 0.15) is 59.1 Å². The van der Waals surface area contributed by atoms with Gasteiger partial charge in [0.1, 0.15) is 11.2 Å². The number of halogens is 2. The molecule has 0 aliphatic rings. The Kier molecular flexibility index (Phi) is 11.2. The molecule has 0 aliphatic heterocycles. The molecule has 236 valence electrons. The standard InChI is InChI=1S/C31H37Cl2N5O6/c1-20-12-13-22(17-24(20)26-25(32)18-34-27(33)35-26)37(29(40)44-31(5,6)7)15-9-14-36(28(39)43-30(2,3)4)19-21-10-8-11-23(16-21)38(41)42/h8,10-13,16-18H,9,14-15,19H2,1-7H3. The highest BCUT2D eigenvalue weighted by molar-refractivity contribution is 6.33. The fraction of sp³-hybridized carbons (Fsp3) is 0.419. The zero-order chi connectivity index (χ0) is 32.8. The van der Waals surface area contributed by atoms with E-state index in [2.05, 4.69) is 9.97 Å². The first-order valence-electron chi connectivity index (χ1n) is 13.9. The highest BCUT2D eigenvalue weighted by atomic mass is 35.5. The maximum absolute atomic E-state index is 13.5. The van der Waals surface area contributed by atoms with E-state index in [-0.39, 0.29) is 30.6 Å². The first-order chi connectivity index (χ1) is 20.4. The van der Waals surface area contributed by atoms with E-state index in [9.17, 15) is 19.7 Å². The van der Waals surface area contributed by atoms with Crippen molar-refractivity contribution in [3.05, 3.63) is 80.2 Å². The third-order valence-corrected chi connectivity index (χ3v) is 6.53. The number of ether oxygens (including phenoxy) is 2. The van der Waals surface area contributed by atoms with Crippen LogP contribution in [0.3, 0.4) is 0 Å². The molecule has 44 heavy (non-hydrogen) atoms. The average Bonchev–Trinajstić information content (AvgIpc) is 2.90. The number of carbonyl (C=O) groups is 2. The molecule has 2 amide bonds. The van der Waals surface area contributed by atoms with Gasteiger partial charge >= 0.3 is 12.2 Å². The Morgan fingerprint density at radius 1 is 0.955 bits per heavy atom. The third kappa shape index (κ3) is 10.1. The van der Waals surface area contributed by atoms with Crippen LogP contribution in [-0.4, -0.2) is 56.3 Å². The van der Waals surface area contributed by atoms with Gasteiger partial charge in [-0.3, -0.25) is 15.0 Å². The molecule has 1 heterocycles. The van der Waals surface area contributed by atoms with Crippen molar-refractivity contribution in [3.63, 3.8) is 0 Å². The Hall–Kier alpha value is -3.96. The largest absolute Gasteiger partial charge is 0.444 e. The number of carbonyl (C=O) groups excluding carboxylic acids is 2. The minimum absolute atomic E-state index is 0.0317. The van der Waals surface area contributed by atoms with E-state index in [4.69, 9.17) is 32.7 Å². The second kappa shape index (κ2) is 14.2. The van der Waals surface area contributed by atoms with E-state index >= 15 is 0 Å². The van der Waals surface area contributed by atoms with Crippen LogP contribution in [0.15, 0.2) is 48.7 Å². The Bertz CT molecular complexity index is 1520. The molecule has 11 nitrogen and oxygen atoms in total. The van der Waals surface area contributed by atoms with E-state index in [1.54, 1.807) is 65.8 Å². The predicted octanol–water partition coefficient (Wildman–Crippen LogP) is 8.24. The van der Waals surface area contributed by atoms with Gasteiger partial charge in [-0.1, -0.05) is 29.8 Å². The number of aryl methyl sites for hydroxylation is 1. The van der Waals surface area contributed by atoms with Crippen LogP contribution in [0.5, 0.6) is 0 Å². The molecule has 2 aromatic carbocycles. The number of rotatable bonds is 9. The van der Waals surface area contributed by atoms with Gasteiger partial charge in [-0.15, -0.1) is 0 Å². The van der Waals surface area contributed by atoms with Crippen molar-refractivity contribution < 1.29 is 24.0 Å². The summed E-state index contributed by atoms with van der Waals surface area (Å²) in [5, 5.41) is 11.6. The summed E-state index contributed by atoms with van der Waals surface area (Å²) in [6.45, 7) is 12.9. The van der Waals surface area contributed by atoms with E-state index in [1.807, 2.05) is 13.0 Å². The molecule has 0 saturated carbocycles. The van der Waals surface area contributed by atoms with E-state index in [0.717, 1.165) is 5.56 Å². The smallest absolute Gasteiger partial charge is 0.414 e. The lowest BCUT2D eigenvalue weighted by Gasteiger charge is -2.30. The lowest BCUT2D eigenvalue weighted by atomic mass is 10.0. The molecule has 0 radical (unpaired) electrons. The molecular weight excluding hydrogens is 609 g/mol. The SMILES string of the molecule is Cc1ccc(N(CCCN(Cc2cccc([N+](=O)[O-])c2)C(=O)OC(C)(C)C)C(=O)OC(C)(C)C)cc1-c1nc(Cl)ncc1Cl. The summed E-state index contributed by atoms with van der Waals surface area (Å²) in [6.07, 6.45) is 0.579. The Morgan fingerprint density at radius 3 is 2.25 bits per heavy atom. The van der Waals surface area contributed by atoms with Gasteiger partial charge in [-0.25, -0.2) is 19.6 Å². The van der Waals surface area contributed by atoms with Crippen molar-refractivity contribution in [2.24, 2.45) is 0 Å². The van der Waals surface area contributed by atoms with Gasteiger partial charge in [-0.05, 0) is 89.7 Å². The number of nitro groups is 1. The van der Waals surface area contributed by atoms with Crippen molar-refractivity contribution in [2.45, 2.75) is 72.6 Å². The number of anilines is 1. The lowest BCUT2D eigenvalue weighted by molar-refractivity contribution is -0.384. The molecule has 3 rings (SSSR count). The van der Waals surface area contributed by atoms with Crippen LogP contribution < -0.4 is 4.90 Å². The van der Waals surface area contributed by atoms with Crippen LogP contribution in [0, 0.1) is 17.0 Å². The summed E-state index contributed by atoms with van der Waals surface area (Å²) in [4.78, 5) is 48.6. The first-order valence-corrected chi connectivity index (χ1v) is 14.7. The minimum Gasteiger partial charge on any atom is -0.444 e. The van der Waals surface area contributed by atoms with Gasteiger partial charge in [0.2, 0.25) is 5.28 Å². The van der Waals surface area contributed by atoms with Gasteiger partial charge in [-0.2, -0.15) is 0 Å². The van der Waals surface area contributed by atoms with Crippen molar-refractivity contribution in [1.29, 1.82) is 0 Å². The van der Waals surface area contributed by atoms with Crippen LogP contribution >= 0.6 is 23.2 Å². The highest BCUT2D eigenvalue weighted by Crippen LogP contribution is 2.33. The number of nitro benzene ring substituents is 1. The second-order valence-electron chi connectivity index (χ2n) is 12.1. The summed E-state index contributed by atoms with van der Waals surface area (Å²) >= 11 is 12.4. The van der Waals surface area contributed by atoms with Crippen LogP contribution in [0.4, 0.5) is 21.0 Å². The lowest BCUT2D eigenvalue weighted by Crippen LogP contribution is -2.40. The maximum atomic E-state index is 13.5. The van der Waals surface area contributed by atoms with E-state index in [1.165, 1.54) is 28.1 Å².